The molecule has 0 saturated heterocycles. The normalized spacial score (nSPS) is 13.2. The molecule has 0 radical (unpaired) electrons. The van der Waals surface area contributed by atoms with Crippen molar-refractivity contribution < 1.29 is 14.7 Å². The Balaban J connectivity index is 4.08. The molecule has 19 heavy (non-hydrogen) atoms. The molecule has 0 spiro atoms. The van der Waals surface area contributed by atoms with Crippen molar-refractivity contribution in [3.8, 4) is 0 Å². The molecule has 3 N–H and O–H groups in total. The zero-order chi connectivity index (χ0) is 15.1. The van der Waals surface area contributed by atoms with Gasteiger partial charge < -0.3 is 20.6 Å². The van der Waals surface area contributed by atoms with Gasteiger partial charge in [-0.3, -0.25) is 4.79 Å². The fraction of sp³-hybridized carbons (Fsp3) is 0.846. The average Bonchev–Trinajstić information content (AvgIpc) is 2.33. The molecule has 0 heterocycles. The number of carboxylic acid groups (broad SMARTS) is 1. The van der Waals surface area contributed by atoms with Crippen molar-refractivity contribution in [1.29, 1.82) is 0 Å². The number of likely N-dealkylation sites (N-methyl/N-ethyl adjacent to an activating group) is 1. The number of nitrogens with zero attached hydrogens (tertiary/aromatic N) is 1. The summed E-state index contributed by atoms with van der Waals surface area (Å²) < 4.78 is 0. The number of hydrogen-bond donors (Lipinski definition) is 3. The number of rotatable bonds is 8. The number of urea groups is 1. The quantitative estimate of drug-likeness (QED) is 0.619. The van der Waals surface area contributed by atoms with E-state index in [1.807, 2.05) is 6.92 Å². The molecule has 2 amide bonds. The molecule has 0 saturated carbocycles. The van der Waals surface area contributed by atoms with E-state index in [-0.39, 0.29) is 18.6 Å². The molecule has 6 heteroatoms. The lowest BCUT2D eigenvalue weighted by molar-refractivity contribution is -0.146. The van der Waals surface area contributed by atoms with E-state index in [1.54, 1.807) is 13.8 Å². The van der Waals surface area contributed by atoms with E-state index in [1.165, 1.54) is 0 Å². The van der Waals surface area contributed by atoms with Crippen molar-refractivity contribution in [2.75, 3.05) is 26.2 Å². The minimum absolute atomic E-state index is 0.0211. The summed E-state index contributed by atoms with van der Waals surface area (Å²) >= 11 is 0. The van der Waals surface area contributed by atoms with Crippen molar-refractivity contribution in [3.63, 3.8) is 0 Å². The van der Waals surface area contributed by atoms with E-state index in [0.717, 1.165) is 19.6 Å². The molecule has 0 aromatic rings. The third kappa shape index (κ3) is 7.00. The lowest BCUT2D eigenvalue weighted by atomic mass is 9.94. The van der Waals surface area contributed by atoms with E-state index >= 15 is 0 Å². The Morgan fingerprint density at radius 3 is 2.21 bits per heavy atom. The second-order valence-corrected chi connectivity index (χ2v) is 5.40. The SMILES string of the molecule is CCN(CC)CC(C)NC(=O)NCC(C)(C)C(=O)O. The van der Waals surface area contributed by atoms with Crippen LogP contribution >= 0.6 is 0 Å². The van der Waals surface area contributed by atoms with Gasteiger partial charge in [0, 0.05) is 19.1 Å². The predicted octanol–water partition coefficient (Wildman–Crippen LogP) is 1.13. The molecule has 6 nitrogen and oxygen atoms in total. The van der Waals surface area contributed by atoms with E-state index in [4.69, 9.17) is 5.11 Å². The second kappa shape index (κ2) is 7.99. The van der Waals surface area contributed by atoms with E-state index < -0.39 is 11.4 Å². The molecule has 0 aromatic carbocycles. The first-order chi connectivity index (χ1) is 8.72. The highest BCUT2D eigenvalue weighted by molar-refractivity contribution is 5.77. The topological polar surface area (TPSA) is 81.7 Å². The first kappa shape index (κ1) is 17.7. The van der Waals surface area contributed by atoms with Gasteiger partial charge in [-0.2, -0.15) is 0 Å². The van der Waals surface area contributed by atoms with Crippen LogP contribution in [-0.2, 0) is 4.79 Å². The van der Waals surface area contributed by atoms with Crippen LogP contribution < -0.4 is 10.6 Å². The Morgan fingerprint density at radius 1 is 1.26 bits per heavy atom. The Hall–Kier alpha value is -1.30. The Bertz CT molecular complexity index is 302. The molecular formula is C13H27N3O3. The lowest BCUT2D eigenvalue weighted by Crippen LogP contribution is -2.49. The number of carboxylic acids is 1. The maximum Gasteiger partial charge on any atom is 0.315 e. The smallest absolute Gasteiger partial charge is 0.315 e. The van der Waals surface area contributed by atoms with Gasteiger partial charge in [-0.05, 0) is 33.9 Å². The van der Waals surface area contributed by atoms with Gasteiger partial charge in [0.05, 0.1) is 5.41 Å². The zero-order valence-electron chi connectivity index (χ0n) is 12.6. The fourth-order valence-electron chi connectivity index (χ4n) is 1.57. The van der Waals surface area contributed by atoms with Crippen LogP contribution in [0, 0.1) is 5.41 Å². The number of hydrogen-bond acceptors (Lipinski definition) is 3. The second-order valence-electron chi connectivity index (χ2n) is 5.40. The molecule has 0 aliphatic rings. The molecule has 1 unspecified atom stereocenters. The van der Waals surface area contributed by atoms with Crippen LogP contribution in [0.15, 0.2) is 0 Å². The number of amides is 2. The summed E-state index contributed by atoms with van der Waals surface area (Å²) in [5.41, 5.74) is -0.959. The summed E-state index contributed by atoms with van der Waals surface area (Å²) in [6, 6.07) is -0.304. The highest BCUT2D eigenvalue weighted by Crippen LogP contribution is 2.12. The lowest BCUT2D eigenvalue weighted by Gasteiger charge is -2.24. The summed E-state index contributed by atoms with van der Waals surface area (Å²) in [4.78, 5) is 24.8. The Morgan fingerprint density at radius 2 is 1.79 bits per heavy atom. The minimum atomic E-state index is -0.959. The van der Waals surface area contributed by atoms with Crippen LogP contribution in [0.4, 0.5) is 4.79 Å². The van der Waals surface area contributed by atoms with Gasteiger partial charge in [-0.15, -0.1) is 0 Å². The third-order valence-electron chi connectivity index (χ3n) is 3.07. The van der Waals surface area contributed by atoms with Crippen LogP contribution in [0.5, 0.6) is 0 Å². The van der Waals surface area contributed by atoms with Gasteiger partial charge in [0.1, 0.15) is 0 Å². The van der Waals surface area contributed by atoms with Crippen LogP contribution in [-0.4, -0.2) is 54.2 Å². The highest BCUT2D eigenvalue weighted by atomic mass is 16.4. The summed E-state index contributed by atoms with van der Waals surface area (Å²) in [7, 11) is 0. The Labute approximate surface area is 115 Å². The third-order valence-corrected chi connectivity index (χ3v) is 3.07. The molecular weight excluding hydrogens is 246 g/mol. The molecule has 0 rings (SSSR count). The first-order valence-corrected chi connectivity index (χ1v) is 6.73. The largest absolute Gasteiger partial charge is 0.481 e. The summed E-state index contributed by atoms with van der Waals surface area (Å²) in [6.07, 6.45) is 0. The van der Waals surface area contributed by atoms with E-state index in [0.29, 0.717) is 0 Å². The van der Waals surface area contributed by atoms with Crippen molar-refractivity contribution in [2.45, 2.75) is 40.7 Å². The maximum absolute atomic E-state index is 11.6. The van der Waals surface area contributed by atoms with Crippen molar-refractivity contribution in [2.24, 2.45) is 5.41 Å². The van der Waals surface area contributed by atoms with Gasteiger partial charge in [-0.1, -0.05) is 13.8 Å². The van der Waals surface area contributed by atoms with Gasteiger partial charge in [0.25, 0.3) is 0 Å². The Kier molecular flexibility index (Phi) is 7.44. The van der Waals surface area contributed by atoms with Crippen molar-refractivity contribution in [3.05, 3.63) is 0 Å². The van der Waals surface area contributed by atoms with Crippen molar-refractivity contribution >= 4 is 12.0 Å². The van der Waals surface area contributed by atoms with Crippen molar-refractivity contribution in [1.82, 2.24) is 15.5 Å². The fourth-order valence-corrected chi connectivity index (χ4v) is 1.57. The van der Waals surface area contributed by atoms with Gasteiger partial charge in [-0.25, -0.2) is 4.79 Å². The molecule has 0 aliphatic heterocycles. The monoisotopic (exact) mass is 273 g/mol. The van der Waals surface area contributed by atoms with Gasteiger partial charge in [0.2, 0.25) is 0 Å². The first-order valence-electron chi connectivity index (χ1n) is 6.73. The van der Waals surface area contributed by atoms with E-state index in [2.05, 4.69) is 29.4 Å². The molecule has 0 aromatic heterocycles. The van der Waals surface area contributed by atoms with Gasteiger partial charge in [0.15, 0.2) is 0 Å². The van der Waals surface area contributed by atoms with E-state index in [9.17, 15) is 9.59 Å². The molecule has 1 atom stereocenters. The zero-order valence-corrected chi connectivity index (χ0v) is 12.6. The standard InChI is InChI=1S/C13H27N3O3/c1-6-16(7-2)8-10(3)15-12(19)14-9-13(4,5)11(17)18/h10H,6-9H2,1-5H3,(H,17,18)(H2,14,15,19). The number of carbonyl (C=O) groups excluding carboxylic acids is 1. The summed E-state index contributed by atoms with van der Waals surface area (Å²) in [5.74, 6) is -0.927. The molecule has 0 aliphatic carbocycles. The number of carbonyl (C=O) groups is 2. The molecule has 112 valence electrons. The van der Waals surface area contributed by atoms with Crippen LogP contribution in [0.2, 0.25) is 0 Å². The van der Waals surface area contributed by atoms with Crippen LogP contribution in [0.1, 0.15) is 34.6 Å². The van der Waals surface area contributed by atoms with Crippen LogP contribution in [0.3, 0.4) is 0 Å². The summed E-state index contributed by atoms with van der Waals surface area (Å²) in [5, 5.41) is 14.3. The summed E-state index contributed by atoms with van der Waals surface area (Å²) in [6.45, 7) is 12.0. The molecule has 0 bridgehead atoms. The van der Waals surface area contributed by atoms with Gasteiger partial charge >= 0.3 is 12.0 Å². The average molecular weight is 273 g/mol. The molecule has 0 fully saturated rings. The number of aliphatic carboxylic acids is 1. The minimum Gasteiger partial charge on any atom is -0.481 e. The maximum atomic E-state index is 11.6. The number of nitrogens with one attached hydrogen (secondary N) is 2. The highest BCUT2D eigenvalue weighted by Gasteiger charge is 2.27. The van der Waals surface area contributed by atoms with Crippen LogP contribution in [0.25, 0.3) is 0 Å². The predicted molar refractivity (Wildman–Crippen MR) is 75.2 cm³/mol.